The van der Waals surface area contributed by atoms with Crippen molar-refractivity contribution in [3.05, 3.63) is 29.3 Å². The number of aromatic carboxylic acids is 1. The van der Waals surface area contributed by atoms with E-state index in [0.29, 0.717) is 13.1 Å². The van der Waals surface area contributed by atoms with Crippen LogP contribution >= 0.6 is 0 Å². The molecule has 0 fully saturated rings. The van der Waals surface area contributed by atoms with Crippen LogP contribution in [-0.4, -0.2) is 42.2 Å². The van der Waals surface area contributed by atoms with E-state index in [1.54, 1.807) is 0 Å². The van der Waals surface area contributed by atoms with Crippen LogP contribution in [0, 0.1) is 11.6 Å². The van der Waals surface area contributed by atoms with Gasteiger partial charge in [0.1, 0.15) is 17.3 Å². The van der Waals surface area contributed by atoms with E-state index in [2.05, 4.69) is 17.1 Å². The molecule has 0 aromatic heterocycles. The zero-order valence-electron chi connectivity index (χ0n) is 11.7. The molecule has 4 nitrogen and oxygen atoms in total. The van der Waals surface area contributed by atoms with Crippen LogP contribution in [0.15, 0.2) is 12.1 Å². The summed E-state index contributed by atoms with van der Waals surface area (Å²) in [6, 6.07) is 1.63. The molecule has 0 aliphatic carbocycles. The van der Waals surface area contributed by atoms with E-state index < -0.39 is 23.2 Å². The summed E-state index contributed by atoms with van der Waals surface area (Å²) in [5, 5.41) is 11.4. The number of halogens is 2. The molecule has 0 bridgehead atoms. The maximum absolute atomic E-state index is 13.6. The van der Waals surface area contributed by atoms with Crippen molar-refractivity contribution >= 4 is 11.7 Å². The van der Waals surface area contributed by atoms with Gasteiger partial charge in [0.25, 0.3) is 0 Å². The molecule has 0 unspecified atom stereocenters. The molecule has 0 heterocycles. The van der Waals surface area contributed by atoms with Crippen LogP contribution in [-0.2, 0) is 0 Å². The van der Waals surface area contributed by atoms with E-state index in [1.165, 1.54) is 0 Å². The molecular formula is C14H20F2N2O2. The smallest absolute Gasteiger partial charge is 0.335 e. The van der Waals surface area contributed by atoms with Crippen molar-refractivity contribution in [2.45, 2.75) is 20.3 Å². The lowest BCUT2D eigenvalue weighted by molar-refractivity contribution is 0.0696. The third kappa shape index (κ3) is 4.45. The minimum atomic E-state index is -1.35. The summed E-state index contributed by atoms with van der Waals surface area (Å²) in [5.41, 5.74) is -0.672. The number of hydrogen-bond donors (Lipinski definition) is 2. The van der Waals surface area contributed by atoms with Gasteiger partial charge >= 0.3 is 5.97 Å². The molecule has 1 aromatic rings. The number of likely N-dealkylation sites (N-methyl/N-ethyl adjacent to an activating group) is 1. The van der Waals surface area contributed by atoms with Crippen molar-refractivity contribution in [1.82, 2.24) is 4.90 Å². The molecule has 0 atom stereocenters. The Kier molecular flexibility index (Phi) is 6.38. The van der Waals surface area contributed by atoms with Gasteiger partial charge in [-0.1, -0.05) is 13.8 Å². The minimum Gasteiger partial charge on any atom is -0.478 e. The lowest BCUT2D eigenvalue weighted by atomic mass is 10.2. The molecule has 0 aliphatic heterocycles. The van der Waals surface area contributed by atoms with Gasteiger partial charge in [-0.3, -0.25) is 0 Å². The number of carboxylic acids is 1. The monoisotopic (exact) mass is 286 g/mol. The number of hydrogen-bond acceptors (Lipinski definition) is 3. The minimum absolute atomic E-state index is 0.275. The SMILES string of the molecule is CCCN(CC)CCNc1c(F)cc(C(=O)O)cc1F. The molecule has 1 aromatic carbocycles. The summed E-state index contributed by atoms with van der Waals surface area (Å²) < 4.78 is 27.3. The molecule has 6 heteroatoms. The van der Waals surface area contributed by atoms with Crippen LogP contribution < -0.4 is 5.32 Å². The van der Waals surface area contributed by atoms with E-state index in [0.717, 1.165) is 31.6 Å². The highest BCUT2D eigenvalue weighted by molar-refractivity contribution is 5.88. The van der Waals surface area contributed by atoms with Gasteiger partial charge in [-0.2, -0.15) is 0 Å². The van der Waals surface area contributed by atoms with Crippen LogP contribution in [0.5, 0.6) is 0 Å². The molecule has 0 amide bonds. The Hall–Kier alpha value is -1.69. The van der Waals surface area contributed by atoms with Crippen LogP contribution in [0.1, 0.15) is 30.6 Å². The quantitative estimate of drug-likeness (QED) is 0.771. The average Bonchev–Trinajstić information content (AvgIpc) is 2.40. The van der Waals surface area contributed by atoms with E-state index in [1.807, 2.05) is 6.92 Å². The molecule has 0 saturated heterocycles. The Morgan fingerprint density at radius 3 is 2.30 bits per heavy atom. The van der Waals surface area contributed by atoms with Crippen molar-refractivity contribution in [1.29, 1.82) is 0 Å². The molecule has 0 saturated carbocycles. The number of carboxylic acid groups (broad SMARTS) is 1. The van der Waals surface area contributed by atoms with Crippen LogP contribution in [0.25, 0.3) is 0 Å². The van der Waals surface area contributed by atoms with E-state index in [-0.39, 0.29) is 5.69 Å². The second-order valence-electron chi connectivity index (χ2n) is 4.48. The van der Waals surface area contributed by atoms with Crippen molar-refractivity contribution in [3.63, 3.8) is 0 Å². The molecule has 0 aliphatic rings. The largest absolute Gasteiger partial charge is 0.478 e. The normalized spacial score (nSPS) is 10.8. The first-order valence-electron chi connectivity index (χ1n) is 6.68. The Bertz CT molecular complexity index is 443. The molecule has 20 heavy (non-hydrogen) atoms. The lowest BCUT2D eigenvalue weighted by Crippen LogP contribution is -2.30. The number of nitrogens with one attached hydrogen (secondary N) is 1. The summed E-state index contributed by atoms with van der Waals surface area (Å²) in [6.45, 7) is 6.97. The van der Waals surface area contributed by atoms with E-state index in [4.69, 9.17) is 5.11 Å². The first-order chi connectivity index (χ1) is 9.49. The van der Waals surface area contributed by atoms with Crippen molar-refractivity contribution in [2.75, 3.05) is 31.5 Å². The van der Waals surface area contributed by atoms with Gasteiger partial charge in [0, 0.05) is 13.1 Å². The van der Waals surface area contributed by atoms with Gasteiger partial charge in [-0.15, -0.1) is 0 Å². The first-order valence-corrected chi connectivity index (χ1v) is 6.68. The topological polar surface area (TPSA) is 52.6 Å². The standard InChI is InChI=1S/C14H20F2N2O2/c1-3-6-18(4-2)7-5-17-13-11(15)8-10(14(19)20)9-12(13)16/h8-9,17H,3-7H2,1-2H3,(H,19,20). The number of benzene rings is 1. The second kappa shape index (κ2) is 7.79. The summed E-state index contributed by atoms with van der Waals surface area (Å²) >= 11 is 0. The number of carbonyl (C=O) groups is 1. The van der Waals surface area contributed by atoms with Crippen molar-refractivity contribution < 1.29 is 18.7 Å². The Morgan fingerprint density at radius 2 is 1.85 bits per heavy atom. The molecule has 2 N–H and O–H groups in total. The Labute approximate surface area is 117 Å². The Morgan fingerprint density at radius 1 is 1.25 bits per heavy atom. The predicted molar refractivity (Wildman–Crippen MR) is 74.2 cm³/mol. The maximum Gasteiger partial charge on any atom is 0.335 e. The van der Waals surface area contributed by atoms with Gasteiger partial charge in [0.05, 0.1) is 5.56 Å². The fourth-order valence-electron chi connectivity index (χ4n) is 1.95. The lowest BCUT2D eigenvalue weighted by Gasteiger charge is -2.20. The summed E-state index contributed by atoms with van der Waals surface area (Å²) in [7, 11) is 0. The third-order valence-corrected chi connectivity index (χ3v) is 3.01. The Balaban J connectivity index is 2.66. The fraction of sp³-hybridized carbons (Fsp3) is 0.500. The van der Waals surface area contributed by atoms with Gasteiger partial charge in [0.15, 0.2) is 0 Å². The van der Waals surface area contributed by atoms with Gasteiger partial charge in [-0.05, 0) is 31.6 Å². The molecule has 1 rings (SSSR count). The number of anilines is 1. The van der Waals surface area contributed by atoms with Crippen LogP contribution in [0.4, 0.5) is 14.5 Å². The van der Waals surface area contributed by atoms with E-state index in [9.17, 15) is 13.6 Å². The highest BCUT2D eigenvalue weighted by atomic mass is 19.1. The summed E-state index contributed by atoms with van der Waals surface area (Å²) in [6.07, 6.45) is 1.02. The second-order valence-corrected chi connectivity index (χ2v) is 4.48. The van der Waals surface area contributed by atoms with Crippen molar-refractivity contribution in [3.8, 4) is 0 Å². The predicted octanol–water partition coefficient (Wildman–Crippen LogP) is 2.81. The fourth-order valence-corrected chi connectivity index (χ4v) is 1.95. The van der Waals surface area contributed by atoms with E-state index >= 15 is 0 Å². The zero-order valence-corrected chi connectivity index (χ0v) is 11.7. The molecule has 0 spiro atoms. The summed E-state index contributed by atoms with van der Waals surface area (Å²) in [4.78, 5) is 12.8. The van der Waals surface area contributed by atoms with Gasteiger partial charge < -0.3 is 15.3 Å². The average molecular weight is 286 g/mol. The van der Waals surface area contributed by atoms with Crippen LogP contribution in [0.2, 0.25) is 0 Å². The molecule has 112 valence electrons. The number of rotatable bonds is 8. The number of nitrogens with zero attached hydrogens (tertiary/aromatic N) is 1. The maximum atomic E-state index is 13.6. The highest BCUT2D eigenvalue weighted by Crippen LogP contribution is 2.20. The van der Waals surface area contributed by atoms with Gasteiger partial charge in [0.2, 0.25) is 0 Å². The van der Waals surface area contributed by atoms with Crippen molar-refractivity contribution in [2.24, 2.45) is 0 Å². The summed E-state index contributed by atoms with van der Waals surface area (Å²) in [5.74, 6) is -3.13. The van der Waals surface area contributed by atoms with Gasteiger partial charge in [-0.25, -0.2) is 13.6 Å². The first kappa shape index (κ1) is 16.4. The highest BCUT2D eigenvalue weighted by Gasteiger charge is 2.14. The zero-order chi connectivity index (χ0) is 15.1. The molecular weight excluding hydrogens is 266 g/mol. The molecule has 0 radical (unpaired) electrons. The third-order valence-electron chi connectivity index (χ3n) is 3.01. The van der Waals surface area contributed by atoms with Crippen LogP contribution in [0.3, 0.4) is 0 Å².